The van der Waals surface area contributed by atoms with E-state index in [0.717, 1.165) is 24.1 Å². The third kappa shape index (κ3) is 2.52. The number of nitrogens with two attached hydrogens (primary N) is 1. The summed E-state index contributed by atoms with van der Waals surface area (Å²) in [6, 6.07) is 14.3. The lowest BCUT2D eigenvalue weighted by Crippen LogP contribution is -2.18. The van der Waals surface area contributed by atoms with Crippen molar-refractivity contribution in [3.63, 3.8) is 0 Å². The van der Waals surface area contributed by atoms with Gasteiger partial charge in [0.05, 0.1) is 5.69 Å². The number of anilines is 1. The Morgan fingerprint density at radius 2 is 2.14 bits per heavy atom. The van der Waals surface area contributed by atoms with E-state index in [1.807, 2.05) is 31.2 Å². The Balaban J connectivity index is 1.44. The molecule has 4 aromatic rings. The predicted molar refractivity (Wildman–Crippen MR) is 109 cm³/mol. The molecule has 28 heavy (non-hydrogen) atoms. The highest BCUT2D eigenvalue weighted by Crippen LogP contribution is 2.33. The highest BCUT2D eigenvalue weighted by molar-refractivity contribution is 6.03. The molecule has 0 saturated heterocycles. The summed E-state index contributed by atoms with van der Waals surface area (Å²) in [5, 5.41) is 8.44. The second kappa shape index (κ2) is 6.34. The molecule has 0 bridgehead atoms. The third-order valence-electron chi connectivity index (χ3n) is 5.63. The maximum atomic E-state index is 13.2. The highest BCUT2D eigenvalue weighted by atomic mass is 16.1. The van der Waals surface area contributed by atoms with Gasteiger partial charge in [-0.1, -0.05) is 25.1 Å². The van der Waals surface area contributed by atoms with Gasteiger partial charge in [-0.05, 0) is 42.5 Å². The Kier molecular flexibility index (Phi) is 3.79. The second-order valence-electron chi connectivity index (χ2n) is 7.32. The quantitative estimate of drug-likeness (QED) is 0.536. The van der Waals surface area contributed by atoms with Crippen LogP contribution in [-0.2, 0) is 19.4 Å². The summed E-state index contributed by atoms with van der Waals surface area (Å²) < 4.78 is 2.24. The summed E-state index contributed by atoms with van der Waals surface area (Å²) in [4.78, 5) is 17.5. The van der Waals surface area contributed by atoms with Crippen LogP contribution in [0.4, 0.5) is 5.69 Å². The summed E-state index contributed by atoms with van der Waals surface area (Å²) >= 11 is 0. The van der Waals surface area contributed by atoms with Crippen LogP contribution in [0.5, 0.6) is 0 Å². The van der Waals surface area contributed by atoms with Crippen molar-refractivity contribution in [3.8, 4) is 11.3 Å². The van der Waals surface area contributed by atoms with Gasteiger partial charge in [-0.2, -0.15) is 5.10 Å². The summed E-state index contributed by atoms with van der Waals surface area (Å²) in [5.74, 6) is -0.104. The van der Waals surface area contributed by atoms with Crippen LogP contribution in [0, 0.1) is 5.92 Å². The minimum Gasteiger partial charge on any atom is -0.395 e. The van der Waals surface area contributed by atoms with Crippen molar-refractivity contribution in [3.05, 3.63) is 65.7 Å². The topological polar surface area (TPSA) is 89.6 Å². The number of para-hydroxylation sites is 1. The van der Waals surface area contributed by atoms with Crippen LogP contribution < -0.4 is 5.73 Å². The molecule has 0 radical (unpaired) electrons. The van der Waals surface area contributed by atoms with Crippen LogP contribution in [0.2, 0.25) is 0 Å². The number of aromatic nitrogens is 4. The minimum absolute atomic E-state index is 0.0220. The number of Topliss-reactive ketones (excluding diaryl/α,β-unsaturated/α-hetero) is 1. The maximum Gasteiger partial charge on any atom is 0.187 e. The molecule has 1 unspecified atom stereocenters. The number of fused-ring (bicyclic) bond motifs is 3. The maximum absolute atomic E-state index is 13.2. The lowest BCUT2D eigenvalue weighted by molar-refractivity contribution is 0.0915. The van der Waals surface area contributed by atoms with E-state index >= 15 is 0 Å². The molecule has 0 fully saturated rings. The van der Waals surface area contributed by atoms with E-state index in [2.05, 4.69) is 37.9 Å². The van der Waals surface area contributed by atoms with Gasteiger partial charge in [0.15, 0.2) is 5.78 Å². The average molecular weight is 371 g/mol. The van der Waals surface area contributed by atoms with Gasteiger partial charge >= 0.3 is 0 Å². The van der Waals surface area contributed by atoms with Gasteiger partial charge in [-0.25, -0.2) is 0 Å². The van der Waals surface area contributed by atoms with Crippen LogP contribution in [0.15, 0.2) is 48.7 Å². The van der Waals surface area contributed by atoms with Crippen molar-refractivity contribution in [2.75, 3.05) is 5.73 Å². The lowest BCUT2D eigenvalue weighted by Gasteiger charge is -2.08. The number of pyridine rings is 1. The van der Waals surface area contributed by atoms with Crippen LogP contribution in [0.25, 0.3) is 22.2 Å². The number of aryl methyl sites for hydroxylation is 1. The smallest absolute Gasteiger partial charge is 0.187 e. The number of carbonyl (C=O) groups excluding carboxylic acids is 1. The fraction of sp³-hybridized carbons (Fsp3) is 0.227. The van der Waals surface area contributed by atoms with Crippen molar-refractivity contribution in [1.82, 2.24) is 19.7 Å². The molecule has 0 aliphatic carbocycles. The number of aromatic amines is 1. The molecule has 1 aliphatic rings. The molecule has 0 spiro atoms. The van der Waals surface area contributed by atoms with Gasteiger partial charge in [0, 0.05) is 41.1 Å². The fourth-order valence-corrected chi connectivity index (χ4v) is 4.15. The Hall–Kier alpha value is -3.41. The summed E-state index contributed by atoms with van der Waals surface area (Å²) in [6.45, 7) is 2.72. The second-order valence-corrected chi connectivity index (χ2v) is 7.32. The number of hydrogen-bond donors (Lipinski definition) is 2. The van der Waals surface area contributed by atoms with Gasteiger partial charge in [0.2, 0.25) is 0 Å². The molecule has 3 aromatic heterocycles. The van der Waals surface area contributed by atoms with E-state index in [9.17, 15) is 4.79 Å². The van der Waals surface area contributed by atoms with Gasteiger partial charge < -0.3 is 10.3 Å². The van der Waals surface area contributed by atoms with Gasteiger partial charge in [-0.3, -0.25) is 14.9 Å². The van der Waals surface area contributed by atoms with Crippen LogP contribution in [0.1, 0.15) is 28.8 Å². The minimum atomic E-state index is -0.126. The van der Waals surface area contributed by atoms with Gasteiger partial charge in [0.1, 0.15) is 11.4 Å². The zero-order chi connectivity index (χ0) is 19.3. The van der Waals surface area contributed by atoms with E-state index < -0.39 is 0 Å². The standard InChI is InChI=1S/C22H21N5O/c1-2-16-9-14(7-8-24-16)20-19(23)21(26-25-20)22(28)15-11-17-10-13-5-3-4-6-18(13)27(17)12-15/h3-10,15H,2,11-12,23H2,1H3,(H,25,26). The number of nitrogens with one attached hydrogen (secondary N) is 1. The Morgan fingerprint density at radius 3 is 3.00 bits per heavy atom. The first-order chi connectivity index (χ1) is 13.7. The molecule has 5 rings (SSSR count). The molecule has 6 nitrogen and oxygen atoms in total. The zero-order valence-corrected chi connectivity index (χ0v) is 15.6. The number of hydrogen-bond acceptors (Lipinski definition) is 4. The zero-order valence-electron chi connectivity index (χ0n) is 15.6. The summed E-state index contributed by atoms with van der Waals surface area (Å²) in [7, 11) is 0. The first-order valence-electron chi connectivity index (χ1n) is 9.56. The number of nitrogen functional groups attached to an aromatic ring is 1. The number of nitrogens with zero attached hydrogens (tertiary/aromatic N) is 3. The van der Waals surface area contributed by atoms with Crippen LogP contribution in [0.3, 0.4) is 0 Å². The Bertz CT molecular complexity index is 1200. The molecule has 0 saturated carbocycles. The third-order valence-corrected chi connectivity index (χ3v) is 5.63. The molecule has 1 atom stereocenters. The molecule has 140 valence electrons. The molecule has 1 aromatic carbocycles. The van der Waals surface area contributed by atoms with Crippen molar-refractivity contribution in [2.45, 2.75) is 26.3 Å². The van der Waals surface area contributed by atoms with E-state index in [-0.39, 0.29) is 11.7 Å². The largest absolute Gasteiger partial charge is 0.395 e. The molecule has 6 heteroatoms. The summed E-state index contributed by atoms with van der Waals surface area (Å²) in [5.41, 5.74) is 12.0. The number of ketones is 1. The molecule has 0 amide bonds. The molecule has 4 heterocycles. The number of benzene rings is 1. The Labute approximate surface area is 162 Å². The molecular weight excluding hydrogens is 350 g/mol. The van der Waals surface area contributed by atoms with E-state index in [0.29, 0.717) is 23.6 Å². The molecule has 1 aliphatic heterocycles. The average Bonchev–Trinajstić information content (AvgIpc) is 3.40. The van der Waals surface area contributed by atoms with Crippen molar-refractivity contribution < 1.29 is 4.79 Å². The normalized spacial score (nSPS) is 15.8. The van der Waals surface area contributed by atoms with Gasteiger partial charge in [0.25, 0.3) is 0 Å². The monoisotopic (exact) mass is 371 g/mol. The van der Waals surface area contributed by atoms with E-state index in [1.54, 1.807) is 6.20 Å². The summed E-state index contributed by atoms with van der Waals surface area (Å²) in [6.07, 6.45) is 3.30. The number of rotatable bonds is 4. The first kappa shape index (κ1) is 16.7. The molecule has 3 N–H and O–H groups in total. The fourth-order valence-electron chi connectivity index (χ4n) is 4.15. The first-order valence-corrected chi connectivity index (χ1v) is 9.56. The SMILES string of the molecule is CCc1cc(-c2n[nH]c(C(=O)C3Cc4cc5ccccc5n4C3)c2N)ccn1. The van der Waals surface area contributed by atoms with Crippen LogP contribution >= 0.6 is 0 Å². The van der Waals surface area contributed by atoms with Crippen molar-refractivity contribution in [2.24, 2.45) is 5.92 Å². The van der Waals surface area contributed by atoms with Crippen molar-refractivity contribution in [1.29, 1.82) is 0 Å². The predicted octanol–water partition coefficient (Wildman–Crippen LogP) is 3.63. The highest BCUT2D eigenvalue weighted by Gasteiger charge is 2.32. The van der Waals surface area contributed by atoms with E-state index in [4.69, 9.17) is 5.73 Å². The number of carbonyl (C=O) groups is 1. The van der Waals surface area contributed by atoms with Crippen molar-refractivity contribution >= 4 is 22.4 Å². The van der Waals surface area contributed by atoms with E-state index in [1.165, 1.54) is 16.6 Å². The molecular formula is C22H21N5O. The lowest BCUT2D eigenvalue weighted by atomic mass is 9.97. The van der Waals surface area contributed by atoms with Gasteiger partial charge in [-0.15, -0.1) is 0 Å². The Morgan fingerprint density at radius 1 is 1.29 bits per heavy atom. The number of H-pyrrole nitrogens is 1. The van der Waals surface area contributed by atoms with Crippen LogP contribution in [-0.4, -0.2) is 25.5 Å².